The Hall–Kier alpha value is -2.18. The summed E-state index contributed by atoms with van der Waals surface area (Å²) in [7, 11) is 0. The number of hydrogen-bond donors (Lipinski definition) is 3. The van der Waals surface area contributed by atoms with E-state index in [0.717, 1.165) is 24.4 Å². The zero-order valence-electron chi connectivity index (χ0n) is 14.6. The van der Waals surface area contributed by atoms with Gasteiger partial charge in [-0.15, -0.1) is 0 Å². The van der Waals surface area contributed by atoms with Gasteiger partial charge in [0.25, 0.3) is 0 Å². The molecule has 0 aliphatic heterocycles. The maximum absolute atomic E-state index is 5.59. The number of H-pyrrole nitrogens is 1. The van der Waals surface area contributed by atoms with Crippen molar-refractivity contribution in [1.29, 1.82) is 0 Å². The monoisotopic (exact) mass is 331 g/mol. The highest BCUT2D eigenvalue weighted by molar-refractivity contribution is 5.51. The van der Waals surface area contributed by atoms with Crippen molar-refractivity contribution in [1.82, 2.24) is 24.9 Å². The van der Waals surface area contributed by atoms with E-state index < -0.39 is 0 Å². The predicted molar refractivity (Wildman–Crippen MR) is 97.2 cm³/mol. The van der Waals surface area contributed by atoms with Gasteiger partial charge in [-0.05, 0) is 6.42 Å². The molecule has 0 saturated carbocycles. The molecule has 0 radical (unpaired) electrons. The first kappa shape index (κ1) is 18.2. The molecule has 2 heterocycles. The third-order valence-corrected chi connectivity index (χ3v) is 4.06. The van der Waals surface area contributed by atoms with Crippen LogP contribution in [0.4, 0.5) is 11.9 Å². The van der Waals surface area contributed by atoms with E-state index in [4.69, 9.17) is 11.5 Å². The summed E-state index contributed by atoms with van der Waals surface area (Å²) in [6, 6.07) is 0. The van der Waals surface area contributed by atoms with Gasteiger partial charge >= 0.3 is 0 Å². The summed E-state index contributed by atoms with van der Waals surface area (Å²) in [4.78, 5) is 19.5. The van der Waals surface area contributed by atoms with E-state index in [0.29, 0.717) is 5.82 Å². The second-order valence-electron chi connectivity index (χ2n) is 6.20. The Morgan fingerprint density at radius 2 is 1.42 bits per heavy atom. The third kappa shape index (κ3) is 6.14. The van der Waals surface area contributed by atoms with Crippen LogP contribution in [0, 0.1) is 0 Å². The lowest BCUT2D eigenvalue weighted by atomic mass is 10.1. The van der Waals surface area contributed by atoms with E-state index in [1.807, 2.05) is 0 Å². The number of imidazole rings is 1. The minimum Gasteiger partial charge on any atom is -0.368 e. The molecule has 2 aromatic rings. The first-order valence-corrected chi connectivity index (χ1v) is 9.00. The fourth-order valence-corrected chi connectivity index (χ4v) is 2.74. The van der Waals surface area contributed by atoms with Gasteiger partial charge in [-0.3, -0.25) is 0 Å². The van der Waals surface area contributed by atoms with Crippen molar-refractivity contribution in [3.63, 3.8) is 0 Å². The summed E-state index contributed by atoms with van der Waals surface area (Å²) in [5, 5.41) is 0. The molecule has 2 rings (SSSR count). The molecule has 0 amide bonds. The molecule has 2 aromatic heterocycles. The maximum Gasteiger partial charge on any atom is 0.225 e. The van der Waals surface area contributed by atoms with Crippen LogP contribution in [-0.2, 0) is 6.42 Å². The quantitative estimate of drug-likeness (QED) is 0.542. The van der Waals surface area contributed by atoms with Gasteiger partial charge < -0.3 is 16.5 Å². The molecule has 0 atom stereocenters. The SMILES string of the molecule is CCCCCCCCCCCc1ncc(-c2nc(N)nc(N)n2)[nH]1. The Kier molecular flexibility index (Phi) is 7.45. The Morgan fingerprint density at radius 3 is 2.04 bits per heavy atom. The molecule has 0 bridgehead atoms. The minimum atomic E-state index is 0.118. The standard InChI is InChI=1S/C17H29N7/c1-2-3-4-5-6-7-8-9-10-11-14-20-12-13(21-14)15-22-16(18)24-17(19)23-15/h12H,2-11H2,1H3,(H,20,21)(H4,18,19,22,23,24). The molecule has 0 aliphatic rings. The Labute approximate surface area is 143 Å². The van der Waals surface area contributed by atoms with Gasteiger partial charge in [0.1, 0.15) is 11.5 Å². The fraction of sp³-hybridized carbons (Fsp3) is 0.647. The maximum atomic E-state index is 5.59. The van der Waals surface area contributed by atoms with E-state index in [9.17, 15) is 0 Å². The molecule has 7 heteroatoms. The largest absolute Gasteiger partial charge is 0.368 e. The topological polar surface area (TPSA) is 119 Å². The number of nitrogens with zero attached hydrogens (tertiary/aromatic N) is 4. The molecule has 0 unspecified atom stereocenters. The lowest BCUT2D eigenvalue weighted by Gasteiger charge is -2.01. The summed E-state index contributed by atoms with van der Waals surface area (Å²) in [6.45, 7) is 2.25. The van der Waals surface area contributed by atoms with Gasteiger partial charge in [0.15, 0.2) is 5.82 Å². The van der Waals surface area contributed by atoms with Crippen molar-refractivity contribution in [2.75, 3.05) is 11.5 Å². The van der Waals surface area contributed by atoms with Crippen LogP contribution < -0.4 is 11.5 Å². The number of nitrogen functional groups attached to an aromatic ring is 2. The lowest BCUT2D eigenvalue weighted by molar-refractivity contribution is 0.562. The molecule has 0 aliphatic carbocycles. The number of aromatic amines is 1. The average molecular weight is 331 g/mol. The third-order valence-electron chi connectivity index (χ3n) is 4.06. The number of aromatic nitrogens is 5. The van der Waals surface area contributed by atoms with Crippen LogP contribution >= 0.6 is 0 Å². The fourth-order valence-electron chi connectivity index (χ4n) is 2.74. The summed E-state index contributed by atoms with van der Waals surface area (Å²) in [5.74, 6) is 1.62. The molecule has 0 saturated heterocycles. The van der Waals surface area contributed by atoms with Gasteiger partial charge in [0, 0.05) is 6.42 Å². The predicted octanol–water partition coefficient (Wildman–Crippen LogP) is 3.50. The minimum absolute atomic E-state index is 0.118. The lowest BCUT2D eigenvalue weighted by Crippen LogP contribution is -2.04. The molecule has 0 aromatic carbocycles. The van der Waals surface area contributed by atoms with E-state index >= 15 is 0 Å². The molecular formula is C17H29N7. The van der Waals surface area contributed by atoms with Crippen LogP contribution in [0.3, 0.4) is 0 Å². The Balaban J connectivity index is 1.67. The zero-order chi connectivity index (χ0) is 17.2. The molecule has 24 heavy (non-hydrogen) atoms. The first-order valence-electron chi connectivity index (χ1n) is 9.00. The van der Waals surface area contributed by atoms with Gasteiger partial charge in [0.2, 0.25) is 11.9 Å². The molecule has 0 spiro atoms. The Bertz CT molecular complexity index is 588. The highest BCUT2D eigenvalue weighted by Crippen LogP contribution is 2.15. The zero-order valence-corrected chi connectivity index (χ0v) is 14.6. The Morgan fingerprint density at radius 1 is 0.833 bits per heavy atom. The van der Waals surface area contributed by atoms with Gasteiger partial charge in [0.05, 0.1) is 6.20 Å². The molecular weight excluding hydrogens is 302 g/mol. The van der Waals surface area contributed by atoms with Gasteiger partial charge in [-0.1, -0.05) is 58.3 Å². The second-order valence-corrected chi connectivity index (χ2v) is 6.20. The van der Waals surface area contributed by atoms with Crippen LogP contribution in [0.25, 0.3) is 11.5 Å². The van der Waals surface area contributed by atoms with Crippen LogP contribution in [0.1, 0.15) is 70.5 Å². The number of rotatable bonds is 11. The van der Waals surface area contributed by atoms with Crippen molar-refractivity contribution in [2.24, 2.45) is 0 Å². The highest BCUT2D eigenvalue weighted by Gasteiger charge is 2.08. The van der Waals surface area contributed by atoms with Crippen molar-refractivity contribution < 1.29 is 0 Å². The van der Waals surface area contributed by atoms with E-state index in [2.05, 4.69) is 31.8 Å². The average Bonchev–Trinajstić information content (AvgIpc) is 3.01. The van der Waals surface area contributed by atoms with Crippen molar-refractivity contribution in [3.8, 4) is 11.5 Å². The van der Waals surface area contributed by atoms with Crippen LogP contribution in [0.5, 0.6) is 0 Å². The number of hydrogen-bond acceptors (Lipinski definition) is 6. The summed E-state index contributed by atoms with van der Waals surface area (Å²) in [5.41, 5.74) is 11.9. The molecule has 5 N–H and O–H groups in total. The van der Waals surface area contributed by atoms with Crippen molar-refractivity contribution in [2.45, 2.75) is 71.1 Å². The molecule has 0 fully saturated rings. The number of anilines is 2. The smallest absolute Gasteiger partial charge is 0.225 e. The van der Waals surface area contributed by atoms with Crippen LogP contribution in [0.15, 0.2) is 6.20 Å². The highest BCUT2D eigenvalue weighted by atomic mass is 15.1. The van der Waals surface area contributed by atoms with Gasteiger partial charge in [-0.2, -0.15) is 15.0 Å². The van der Waals surface area contributed by atoms with E-state index in [1.165, 1.54) is 51.4 Å². The van der Waals surface area contributed by atoms with Crippen LogP contribution in [-0.4, -0.2) is 24.9 Å². The summed E-state index contributed by atoms with van der Waals surface area (Å²) >= 11 is 0. The summed E-state index contributed by atoms with van der Waals surface area (Å²) < 4.78 is 0. The number of nitrogens with two attached hydrogens (primary N) is 2. The van der Waals surface area contributed by atoms with Crippen molar-refractivity contribution in [3.05, 3.63) is 12.0 Å². The van der Waals surface area contributed by atoms with Crippen LogP contribution in [0.2, 0.25) is 0 Å². The number of unbranched alkanes of at least 4 members (excludes halogenated alkanes) is 8. The van der Waals surface area contributed by atoms with Gasteiger partial charge in [-0.25, -0.2) is 4.98 Å². The second kappa shape index (κ2) is 9.85. The van der Waals surface area contributed by atoms with E-state index in [1.54, 1.807) is 6.20 Å². The molecule has 132 valence electrons. The molecule has 7 nitrogen and oxygen atoms in total. The summed E-state index contributed by atoms with van der Waals surface area (Å²) in [6.07, 6.45) is 14.5. The normalized spacial score (nSPS) is 11.0. The number of aryl methyl sites for hydroxylation is 1. The van der Waals surface area contributed by atoms with E-state index in [-0.39, 0.29) is 11.9 Å². The first-order chi connectivity index (χ1) is 11.7. The number of nitrogens with one attached hydrogen (secondary N) is 1. The van der Waals surface area contributed by atoms with Crippen molar-refractivity contribution >= 4 is 11.9 Å².